The van der Waals surface area contributed by atoms with Gasteiger partial charge in [-0.2, -0.15) is 0 Å². The second-order valence-corrected chi connectivity index (χ2v) is 7.24. The molecule has 8 nitrogen and oxygen atoms in total. The van der Waals surface area contributed by atoms with E-state index in [9.17, 15) is 9.59 Å². The summed E-state index contributed by atoms with van der Waals surface area (Å²) in [6.45, 7) is 11.4. The lowest BCUT2D eigenvalue weighted by Crippen LogP contribution is -2.71. The van der Waals surface area contributed by atoms with Crippen molar-refractivity contribution in [1.82, 2.24) is 0 Å². The Morgan fingerprint density at radius 3 is 1.81 bits per heavy atom. The number of carbonyl (C=O) groups excluding carboxylic acids is 2. The predicted octanol–water partition coefficient (Wildman–Crippen LogP) is 2.04. The van der Waals surface area contributed by atoms with Crippen LogP contribution in [0.15, 0.2) is 0 Å². The Kier molecular flexibility index (Phi) is 7.20. The van der Waals surface area contributed by atoms with Gasteiger partial charge in [-0.1, -0.05) is 0 Å². The third-order valence-corrected chi connectivity index (χ3v) is 4.64. The van der Waals surface area contributed by atoms with Gasteiger partial charge in [-0.05, 0) is 48.5 Å². The first-order valence-electron chi connectivity index (χ1n) is 8.73. The van der Waals surface area contributed by atoms with Gasteiger partial charge in [-0.15, -0.1) is 0 Å². The van der Waals surface area contributed by atoms with Gasteiger partial charge in [0, 0.05) is 14.2 Å². The molecule has 0 amide bonds. The van der Waals surface area contributed by atoms with E-state index in [-0.39, 0.29) is 12.7 Å². The lowest BCUT2D eigenvalue weighted by Gasteiger charge is -2.53. The summed E-state index contributed by atoms with van der Waals surface area (Å²) < 4.78 is 33.4. The quantitative estimate of drug-likeness (QED) is 0.624. The topological polar surface area (TPSA) is 89.5 Å². The maximum Gasteiger partial charge on any atom is 0.342 e. The zero-order valence-electron chi connectivity index (χ0n) is 17.2. The van der Waals surface area contributed by atoms with Crippen LogP contribution >= 0.6 is 0 Å². The monoisotopic (exact) mass is 376 g/mol. The first kappa shape index (κ1) is 22.8. The lowest BCUT2D eigenvalue weighted by atomic mass is 9.86. The SMILES string of the molecule is CO[C@]1(C)OC[C@](C(=O)OC(C)C)(C(C)C(=O)OC(C)C)O[C@@]1(C)OC. The Balaban J connectivity index is 3.34. The summed E-state index contributed by atoms with van der Waals surface area (Å²) in [4.78, 5) is 25.5. The Labute approximate surface area is 155 Å². The highest BCUT2D eigenvalue weighted by atomic mass is 16.8. The summed E-state index contributed by atoms with van der Waals surface area (Å²) in [6.07, 6.45) is -0.744. The van der Waals surface area contributed by atoms with Crippen molar-refractivity contribution in [1.29, 1.82) is 0 Å². The van der Waals surface area contributed by atoms with Gasteiger partial charge in [0.2, 0.25) is 17.2 Å². The second-order valence-electron chi connectivity index (χ2n) is 7.24. The molecule has 0 N–H and O–H groups in total. The summed E-state index contributed by atoms with van der Waals surface area (Å²) in [7, 11) is 2.85. The average Bonchev–Trinajstić information content (AvgIpc) is 2.55. The Bertz CT molecular complexity index is 519. The molecule has 1 aliphatic heterocycles. The van der Waals surface area contributed by atoms with Crippen molar-refractivity contribution in [2.24, 2.45) is 5.92 Å². The molecule has 4 atom stereocenters. The van der Waals surface area contributed by atoms with Crippen LogP contribution in [-0.2, 0) is 38.0 Å². The van der Waals surface area contributed by atoms with E-state index in [1.54, 1.807) is 48.5 Å². The van der Waals surface area contributed by atoms with Gasteiger partial charge in [0.25, 0.3) is 0 Å². The molecule has 0 aromatic carbocycles. The van der Waals surface area contributed by atoms with Crippen molar-refractivity contribution in [3.05, 3.63) is 0 Å². The summed E-state index contributed by atoms with van der Waals surface area (Å²) in [5.74, 6) is -5.06. The molecular formula is C18H32O8. The average molecular weight is 376 g/mol. The van der Waals surface area contributed by atoms with Crippen LogP contribution in [0.1, 0.15) is 48.5 Å². The lowest BCUT2D eigenvalue weighted by molar-refractivity contribution is -0.450. The fourth-order valence-corrected chi connectivity index (χ4v) is 2.65. The zero-order valence-corrected chi connectivity index (χ0v) is 17.2. The molecule has 26 heavy (non-hydrogen) atoms. The van der Waals surface area contributed by atoms with Gasteiger partial charge in [0.1, 0.15) is 0 Å². The van der Waals surface area contributed by atoms with E-state index < -0.39 is 41.1 Å². The van der Waals surface area contributed by atoms with Gasteiger partial charge in [-0.25, -0.2) is 4.79 Å². The molecule has 1 unspecified atom stereocenters. The molecule has 0 bridgehead atoms. The first-order chi connectivity index (χ1) is 11.9. The maximum atomic E-state index is 12.9. The molecule has 0 aliphatic carbocycles. The van der Waals surface area contributed by atoms with E-state index in [0.29, 0.717) is 0 Å². The number of ether oxygens (including phenoxy) is 6. The fourth-order valence-electron chi connectivity index (χ4n) is 2.65. The number of methoxy groups -OCH3 is 2. The van der Waals surface area contributed by atoms with E-state index in [1.807, 2.05) is 0 Å². The van der Waals surface area contributed by atoms with Gasteiger partial charge in [0.05, 0.1) is 24.7 Å². The largest absolute Gasteiger partial charge is 0.463 e. The van der Waals surface area contributed by atoms with Crippen LogP contribution in [0.4, 0.5) is 0 Å². The van der Waals surface area contributed by atoms with Gasteiger partial charge in [-0.3, -0.25) is 4.79 Å². The van der Waals surface area contributed by atoms with E-state index in [0.717, 1.165) is 0 Å². The molecule has 8 heteroatoms. The van der Waals surface area contributed by atoms with Crippen molar-refractivity contribution < 1.29 is 38.0 Å². The van der Waals surface area contributed by atoms with Crippen LogP contribution in [0.2, 0.25) is 0 Å². The van der Waals surface area contributed by atoms with Crippen molar-refractivity contribution in [3.63, 3.8) is 0 Å². The zero-order chi connectivity index (χ0) is 20.3. The Morgan fingerprint density at radius 2 is 1.38 bits per heavy atom. The summed E-state index contributed by atoms with van der Waals surface area (Å²) in [5, 5.41) is 0. The van der Waals surface area contributed by atoms with Gasteiger partial charge >= 0.3 is 11.9 Å². The number of esters is 2. The molecule has 0 aromatic rings. The standard InChI is InChI=1S/C18H32O8/c1-11(2)24-14(19)13(5)18(15(20)25-12(3)4)10-23-16(6,21-8)17(7,22-9)26-18/h11-13H,10H2,1-9H3/t13?,16-,17-,18-/m1/s1. The number of carbonyl (C=O) groups is 2. The predicted molar refractivity (Wildman–Crippen MR) is 92.2 cm³/mol. The summed E-state index contributed by atoms with van der Waals surface area (Å²) >= 11 is 0. The number of hydrogen-bond donors (Lipinski definition) is 0. The molecule has 1 saturated heterocycles. The molecule has 1 rings (SSSR count). The molecule has 1 heterocycles. The minimum Gasteiger partial charge on any atom is -0.463 e. The highest BCUT2D eigenvalue weighted by Crippen LogP contribution is 2.44. The first-order valence-corrected chi connectivity index (χ1v) is 8.73. The molecule has 0 aromatic heterocycles. The second kappa shape index (κ2) is 8.21. The van der Waals surface area contributed by atoms with Gasteiger partial charge < -0.3 is 28.4 Å². The van der Waals surface area contributed by atoms with Crippen LogP contribution in [0.5, 0.6) is 0 Å². The number of rotatable bonds is 7. The molecule has 152 valence electrons. The van der Waals surface area contributed by atoms with E-state index >= 15 is 0 Å². The number of hydrogen-bond acceptors (Lipinski definition) is 8. The van der Waals surface area contributed by atoms with Crippen molar-refractivity contribution in [2.45, 2.75) is 77.8 Å². The summed E-state index contributed by atoms with van der Waals surface area (Å²) in [6, 6.07) is 0. The van der Waals surface area contributed by atoms with Crippen LogP contribution < -0.4 is 0 Å². The fraction of sp³-hybridized carbons (Fsp3) is 0.889. The van der Waals surface area contributed by atoms with Crippen LogP contribution in [0.25, 0.3) is 0 Å². The molecule has 0 radical (unpaired) electrons. The molecule has 0 spiro atoms. The Hall–Kier alpha value is -1.22. The third-order valence-electron chi connectivity index (χ3n) is 4.64. The van der Waals surface area contributed by atoms with Crippen LogP contribution in [0.3, 0.4) is 0 Å². The third kappa shape index (κ3) is 4.19. The Morgan fingerprint density at radius 1 is 0.885 bits per heavy atom. The molecule has 1 aliphatic rings. The molecule has 0 saturated carbocycles. The summed E-state index contributed by atoms with van der Waals surface area (Å²) in [5.41, 5.74) is -1.74. The van der Waals surface area contributed by atoms with E-state index in [4.69, 9.17) is 28.4 Å². The van der Waals surface area contributed by atoms with Gasteiger partial charge in [0.15, 0.2) is 0 Å². The smallest absolute Gasteiger partial charge is 0.342 e. The van der Waals surface area contributed by atoms with Crippen molar-refractivity contribution >= 4 is 11.9 Å². The molecular weight excluding hydrogens is 344 g/mol. The van der Waals surface area contributed by atoms with E-state index in [2.05, 4.69) is 0 Å². The highest BCUT2D eigenvalue weighted by molar-refractivity contribution is 5.88. The van der Waals surface area contributed by atoms with Crippen LogP contribution in [-0.4, -0.2) is 62.1 Å². The minimum absolute atomic E-state index is 0.254. The van der Waals surface area contributed by atoms with E-state index in [1.165, 1.54) is 14.2 Å². The minimum atomic E-state index is -1.74. The van der Waals surface area contributed by atoms with Crippen LogP contribution in [0, 0.1) is 5.92 Å². The van der Waals surface area contributed by atoms with Crippen molar-refractivity contribution in [3.8, 4) is 0 Å². The highest BCUT2D eigenvalue weighted by Gasteiger charge is 2.64. The normalized spacial score (nSPS) is 33.2. The molecule has 1 fully saturated rings. The van der Waals surface area contributed by atoms with Crippen molar-refractivity contribution in [2.75, 3.05) is 20.8 Å². The maximum absolute atomic E-state index is 12.9.